The molecular formula is C17H28N2O6. The van der Waals surface area contributed by atoms with Crippen LogP contribution in [0.1, 0.15) is 46.5 Å². The Labute approximate surface area is 147 Å². The van der Waals surface area contributed by atoms with Gasteiger partial charge >= 0.3 is 12.1 Å². The van der Waals surface area contributed by atoms with E-state index in [0.29, 0.717) is 19.6 Å². The summed E-state index contributed by atoms with van der Waals surface area (Å²) in [4.78, 5) is 36.4. The molecule has 142 valence electrons. The fraction of sp³-hybridized carbons (Fsp3) is 0.824. The summed E-state index contributed by atoms with van der Waals surface area (Å²) in [7, 11) is 1.25. The van der Waals surface area contributed by atoms with Crippen molar-refractivity contribution in [2.45, 2.75) is 63.6 Å². The fourth-order valence-corrected chi connectivity index (χ4v) is 3.35. The first kappa shape index (κ1) is 19.5. The summed E-state index contributed by atoms with van der Waals surface area (Å²) in [5, 5.41) is 5.58. The van der Waals surface area contributed by atoms with Gasteiger partial charge in [-0.1, -0.05) is 0 Å². The van der Waals surface area contributed by atoms with Crippen molar-refractivity contribution in [1.29, 1.82) is 0 Å². The Balaban J connectivity index is 2.00. The maximum atomic E-state index is 12.4. The van der Waals surface area contributed by atoms with Crippen LogP contribution in [0.15, 0.2) is 0 Å². The summed E-state index contributed by atoms with van der Waals surface area (Å²) in [6.07, 6.45) is 1.62. The zero-order valence-electron chi connectivity index (χ0n) is 15.3. The Morgan fingerprint density at radius 3 is 2.56 bits per heavy atom. The van der Waals surface area contributed by atoms with Gasteiger partial charge in [0.25, 0.3) is 0 Å². The molecule has 0 aromatic carbocycles. The largest absolute Gasteiger partial charge is 0.467 e. The number of methoxy groups -OCH3 is 1. The minimum Gasteiger partial charge on any atom is -0.467 e. The highest BCUT2D eigenvalue weighted by atomic mass is 16.6. The van der Waals surface area contributed by atoms with Crippen molar-refractivity contribution in [2.24, 2.45) is 5.92 Å². The van der Waals surface area contributed by atoms with Crippen molar-refractivity contribution in [2.75, 3.05) is 20.3 Å². The Bertz CT molecular complexity index is 522. The number of carbonyl (C=O) groups is 3. The monoisotopic (exact) mass is 356 g/mol. The van der Waals surface area contributed by atoms with E-state index in [1.807, 2.05) is 0 Å². The highest BCUT2D eigenvalue weighted by molar-refractivity contribution is 5.85. The topological polar surface area (TPSA) is 103 Å². The third-order valence-electron chi connectivity index (χ3n) is 4.54. The van der Waals surface area contributed by atoms with Crippen LogP contribution in [0.25, 0.3) is 0 Å². The molecular weight excluding hydrogens is 328 g/mol. The minimum atomic E-state index is -0.925. The summed E-state index contributed by atoms with van der Waals surface area (Å²) in [6.45, 7) is 6.43. The SMILES string of the molecule is COC(=O)[C@H](CC1CC2(CCOCC2)NC1=O)NC(=O)OC(C)(C)C. The predicted molar refractivity (Wildman–Crippen MR) is 88.8 cm³/mol. The molecule has 2 N–H and O–H groups in total. The molecule has 8 nitrogen and oxygen atoms in total. The molecule has 2 heterocycles. The standard InChI is InChI=1S/C17H28N2O6/c1-16(2,3)25-15(22)18-12(14(21)23-4)9-11-10-17(19-13(11)20)5-7-24-8-6-17/h11-12H,5-10H2,1-4H3,(H,18,22)(H,19,20)/t11?,12-/m0/s1. The van der Waals surface area contributed by atoms with Crippen molar-refractivity contribution >= 4 is 18.0 Å². The first-order chi connectivity index (χ1) is 11.6. The summed E-state index contributed by atoms with van der Waals surface area (Å²) in [5.74, 6) is -1.05. The van der Waals surface area contributed by atoms with E-state index in [1.165, 1.54) is 7.11 Å². The molecule has 2 rings (SSSR count). The highest BCUT2D eigenvalue weighted by Gasteiger charge is 2.46. The van der Waals surface area contributed by atoms with Crippen LogP contribution in [-0.4, -0.2) is 55.5 Å². The predicted octanol–water partition coefficient (Wildman–Crippen LogP) is 1.13. The molecule has 2 amide bonds. The third kappa shape index (κ3) is 5.32. The number of alkyl carbamates (subject to hydrolysis) is 1. The van der Waals surface area contributed by atoms with Crippen molar-refractivity contribution in [3.05, 3.63) is 0 Å². The van der Waals surface area contributed by atoms with Gasteiger partial charge in [-0.3, -0.25) is 4.79 Å². The quantitative estimate of drug-likeness (QED) is 0.732. The second-order valence-corrected chi connectivity index (χ2v) is 7.74. The maximum Gasteiger partial charge on any atom is 0.408 e. The van der Waals surface area contributed by atoms with E-state index >= 15 is 0 Å². The summed E-state index contributed by atoms with van der Waals surface area (Å²) in [6, 6.07) is -0.925. The van der Waals surface area contributed by atoms with Gasteiger partial charge in [-0.05, 0) is 46.5 Å². The van der Waals surface area contributed by atoms with Gasteiger partial charge in [-0.2, -0.15) is 0 Å². The first-order valence-corrected chi connectivity index (χ1v) is 8.61. The highest BCUT2D eigenvalue weighted by Crippen LogP contribution is 2.35. The lowest BCUT2D eigenvalue weighted by molar-refractivity contribution is -0.143. The van der Waals surface area contributed by atoms with Crippen LogP contribution in [0, 0.1) is 5.92 Å². The second-order valence-electron chi connectivity index (χ2n) is 7.74. The van der Waals surface area contributed by atoms with Crippen molar-refractivity contribution in [3.8, 4) is 0 Å². The van der Waals surface area contributed by atoms with E-state index in [4.69, 9.17) is 14.2 Å². The Morgan fingerprint density at radius 2 is 2.00 bits per heavy atom. The van der Waals surface area contributed by atoms with E-state index in [2.05, 4.69) is 10.6 Å². The second kappa shape index (κ2) is 7.59. The van der Waals surface area contributed by atoms with Crippen LogP contribution >= 0.6 is 0 Å². The zero-order valence-corrected chi connectivity index (χ0v) is 15.3. The van der Waals surface area contributed by atoms with Gasteiger partial charge in [0, 0.05) is 24.7 Å². The van der Waals surface area contributed by atoms with Gasteiger partial charge in [0.05, 0.1) is 7.11 Å². The molecule has 8 heteroatoms. The van der Waals surface area contributed by atoms with Crippen molar-refractivity contribution < 1.29 is 28.6 Å². The number of ether oxygens (including phenoxy) is 3. The molecule has 0 bridgehead atoms. The molecule has 1 unspecified atom stereocenters. The molecule has 0 aliphatic carbocycles. The van der Waals surface area contributed by atoms with E-state index < -0.39 is 23.7 Å². The molecule has 0 saturated carbocycles. The number of esters is 1. The molecule has 2 aliphatic rings. The molecule has 2 atom stereocenters. The molecule has 0 aromatic heterocycles. The van der Waals surface area contributed by atoms with Crippen LogP contribution in [0.4, 0.5) is 4.79 Å². The third-order valence-corrected chi connectivity index (χ3v) is 4.54. The van der Waals surface area contributed by atoms with Crippen LogP contribution in [0.2, 0.25) is 0 Å². The summed E-state index contributed by atoms with van der Waals surface area (Å²) < 4.78 is 15.3. The fourth-order valence-electron chi connectivity index (χ4n) is 3.35. The van der Waals surface area contributed by atoms with Crippen LogP contribution in [0.5, 0.6) is 0 Å². The lowest BCUT2D eigenvalue weighted by Gasteiger charge is -2.33. The van der Waals surface area contributed by atoms with E-state index in [1.54, 1.807) is 20.8 Å². The minimum absolute atomic E-state index is 0.0956. The van der Waals surface area contributed by atoms with Gasteiger partial charge in [0.15, 0.2) is 0 Å². The van der Waals surface area contributed by atoms with E-state index in [0.717, 1.165) is 12.8 Å². The molecule has 2 aliphatic heterocycles. The van der Waals surface area contributed by atoms with E-state index in [-0.39, 0.29) is 23.8 Å². The number of rotatable bonds is 4. The average molecular weight is 356 g/mol. The number of carbonyl (C=O) groups excluding carboxylic acids is 3. The van der Waals surface area contributed by atoms with Gasteiger partial charge < -0.3 is 24.8 Å². The molecule has 2 fully saturated rings. The Hall–Kier alpha value is -1.83. The number of amides is 2. The van der Waals surface area contributed by atoms with Crippen LogP contribution < -0.4 is 10.6 Å². The smallest absolute Gasteiger partial charge is 0.408 e. The lowest BCUT2D eigenvalue weighted by atomic mass is 9.84. The van der Waals surface area contributed by atoms with Crippen LogP contribution in [-0.2, 0) is 23.8 Å². The number of hydrogen-bond acceptors (Lipinski definition) is 6. The zero-order chi connectivity index (χ0) is 18.7. The molecule has 0 aromatic rings. The van der Waals surface area contributed by atoms with Gasteiger partial charge in [0.1, 0.15) is 11.6 Å². The normalized spacial score (nSPS) is 23.7. The Morgan fingerprint density at radius 1 is 1.36 bits per heavy atom. The van der Waals surface area contributed by atoms with Gasteiger partial charge in [-0.25, -0.2) is 9.59 Å². The molecule has 0 radical (unpaired) electrons. The van der Waals surface area contributed by atoms with Crippen LogP contribution in [0.3, 0.4) is 0 Å². The number of nitrogens with one attached hydrogen (secondary N) is 2. The first-order valence-electron chi connectivity index (χ1n) is 8.61. The van der Waals surface area contributed by atoms with Crippen molar-refractivity contribution in [3.63, 3.8) is 0 Å². The molecule has 2 saturated heterocycles. The summed E-state index contributed by atoms with van der Waals surface area (Å²) >= 11 is 0. The molecule has 25 heavy (non-hydrogen) atoms. The van der Waals surface area contributed by atoms with Crippen molar-refractivity contribution in [1.82, 2.24) is 10.6 Å². The molecule has 1 spiro atoms. The van der Waals surface area contributed by atoms with E-state index in [9.17, 15) is 14.4 Å². The Kier molecular flexibility index (Phi) is 5.92. The lowest BCUT2D eigenvalue weighted by Crippen LogP contribution is -2.46. The maximum absolute atomic E-state index is 12.4. The summed E-state index contributed by atoms with van der Waals surface area (Å²) in [5.41, 5.74) is -0.936. The van der Waals surface area contributed by atoms with Gasteiger partial charge in [-0.15, -0.1) is 0 Å². The number of hydrogen-bond donors (Lipinski definition) is 2. The average Bonchev–Trinajstić information content (AvgIpc) is 2.79. The van der Waals surface area contributed by atoms with Gasteiger partial charge in [0.2, 0.25) is 5.91 Å².